The van der Waals surface area contributed by atoms with E-state index in [-0.39, 0.29) is 18.3 Å². The molecule has 1 aromatic carbocycles. The minimum absolute atomic E-state index is 0. The molecule has 7 heteroatoms. The Morgan fingerprint density at radius 3 is 2.35 bits per heavy atom. The molecule has 0 spiro atoms. The van der Waals surface area contributed by atoms with Crippen molar-refractivity contribution >= 4 is 18.3 Å². The van der Waals surface area contributed by atoms with Crippen LogP contribution in [0.3, 0.4) is 0 Å². The van der Waals surface area contributed by atoms with Crippen molar-refractivity contribution in [2.24, 2.45) is 0 Å². The van der Waals surface area contributed by atoms with Crippen LogP contribution >= 0.6 is 12.4 Å². The molecular weight excluding hydrogens is 278 g/mol. The Morgan fingerprint density at radius 2 is 1.75 bits per heavy atom. The van der Waals surface area contributed by atoms with Crippen LogP contribution in [0, 0.1) is 0 Å². The molecule has 2 aromatic heterocycles. The highest BCUT2D eigenvalue weighted by Crippen LogP contribution is 2.25. The summed E-state index contributed by atoms with van der Waals surface area (Å²) in [6.07, 6.45) is 4.82. The molecule has 0 atom stereocenters. The fourth-order valence-electron chi connectivity index (χ4n) is 1.85. The largest absolute Gasteiger partial charge is 0.273 e. The van der Waals surface area contributed by atoms with Gasteiger partial charge in [-0.3, -0.25) is 9.36 Å². The zero-order valence-corrected chi connectivity index (χ0v) is 11.5. The van der Waals surface area contributed by atoms with E-state index in [1.165, 1.54) is 11.6 Å². The molecule has 2 heterocycles. The molecule has 0 aliphatic rings. The molecule has 102 valence electrons. The van der Waals surface area contributed by atoms with E-state index in [4.69, 9.17) is 0 Å². The highest BCUT2D eigenvalue weighted by atomic mass is 35.5. The zero-order chi connectivity index (χ0) is 13.2. The maximum absolute atomic E-state index is 11.5. The fraction of sp³-hybridized carbons (Fsp3) is 0.0769. The molecule has 0 aliphatic carbocycles. The SMILES string of the molecule is CC(=O)n1cc(-c2ccccc2)c(-n2cnnc2)n1.Cl. The van der Waals surface area contributed by atoms with E-state index in [2.05, 4.69) is 15.3 Å². The normalized spacial score (nSPS) is 10.1. The summed E-state index contributed by atoms with van der Waals surface area (Å²) >= 11 is 0. The zero-order valence-electron chi connectivity index (χ0n) is 10.7. The van der Waals surface area contributed by atoms with Gasteiger partial charge in [-0.2, -0.15) is 0 Å². The second-order valence-electron chi connectivity index (χ2n) is 4.07. The third-order valence-electron chi connectivity index (χ3n) is 2.77. The standard InChI is InChI=1S/C13H11N5O.ClH/c1-10(19)18-7-12(11-5-3-2-4-6-11)13(16-18)17-8-14-15-9-17;/h2-9H,1H3;1H. The van der Waals surface area contributed by atoms with Crippen molar-refractivity contribution in [3.8, 4) is 16.9 Å². The van der Waals surface area contributed by atoms with Gasteiger partial charge in [0.15, 0.2) is 5.82 Å². The number of aromatic nitrogens is 5. The first kappa shape index (κ1) is 14.0. The Kier molecular flexibility index (Phi) is 3.95. The van der Waals surface area contributed by atoms with Gasteiger partial charge in [-0.25, -0.2) is 4.68 Å². The van der Waals surface area contributed by atoms with Gasteiger partial charge in [0.25, 0.3) is 0 Å². The number of carbonyl (C=O) groups is 1. The lowest BCUT2D eigenvalue weighted by atomic mass is 10.1. The molecule has 0 fully saturated rings. The summed E-state index contributed by atoms with van der Waals surface area (Å²) in [5.74, 6) is 0.489. The summed E-state index contributed by atoms with van der Waals surface area (Å²) < 4.78 is 3.00. The minimum Gasteiger partial charge on any atom is -0.273 e. The van der Waals surface area contributed by atoms with Crippen molar-refractivity contribution in [3.05, 3.63) is 49.2 Å². The first-order valence-corrected chi connectivity index (χ1v) is 5.77. The summed E-state index contributed by atoms with van der Waals surface area (Å²) in [5, 5.41) is 11.8. The summed E-state index contributed by atoms with van der Waals surface area (Å²) in [4.78, 5) is 11.5. The second-order valence-corrected chi connectivity index (χ2v) is 4.07. The highest BCUT2D eigenvalue weighted by molar-refractivity contribution is 5.85. The third kappa shape index (κ3) is 2.46. The summed E-state index contributed by atoms with van der Waals surface area (Å²) in [7, 11) is 0. The smallest absolute Gasteiger partial charge is 0.243 e. The number of benzene rings is 1. The number of halogens is 1. The van der Waals surface area contributed by atoms with Crippen LogP contribution in [0.4, 0.5) is 0 Å². The van der Waals surface area contributed by atoms with E-state index >= 15 is 0 Å². The number of nitrogens with zero attached hydrogens (tertiary/aromatic N) is 5. The van der Waals surface area contributed by atoms with E-state index in [1.807, 2.05) is 30.3 Å². The van der Waals surface area contributed by atoms with Crippen molar-refractivity contribution < 1.29 is 4.79 Å². The Balaban J connectivity index is 0.00000147. The Labute approximate surface area is 121 Å². The molecule has 0 amide bonds. The lowest BCUT2D eigenvalue weighted by molar-refractivity contribution is 0.0921. The van der Waals surface area contributed by atoms with Crippen LogP contribution in [0.15, 0.2) is 49.2 Å². The molecule has 0 radical (unpaired) electrons. The molecule has 0 N–H and O–H groups in total. The molecule has 0 aliphatic heterocycles. The quantitative estimate of drug-likeness (QED) is 0.725. The van der Waals surface area contributed by atoms with Crippen molar-refractivity contribution in [2.45, 2.75) is 6.92 Å². The van der Waals surface area contributed by atoms with Crippen molar-refractivity contribution in [2.75, 3.05) is 0 Å². The topological polar surface area (TPSA) is 65.6 Å². The lowest BCUT2D eigenvalue weighted by Crippen LogP contribution is -2.06. The number of hydrogen-bond acceptors (Lipinski definition) is 4. The summed E-state index contributed by atoms with van der Waals surface area (Å²) in [5.41, 5.74) is 1.84. The van der Waals surface area contributed by atoms with Gasteiger partial charge in [0.2, 0.25) is 5.91 Å². The Bertz CT molecular complexity index is 706. The molecule has 0 saturated carbocycles. The number of rotatable bonds is 2. The summed E-state index contributed by atoms with van der Waals surface area (Å²) in [6.45, 7) is 1.47. The predicted octanol–water partition coefficient (Wildman–Crippen LogP) is 2.21. The molecule has 0 unspecified atom stereocenters. The van der Waals surface area contributed by atoms with E-state index in [9.17, 15) is 4.79 Å². The van der Waals surface area contributed by atoms with E-state index in [0.29, 0.717) is 5.82 Å². The van der Waals surface area contributed by atoms with Crippen LogP contribution in [0.25, 0.3) is 16.9 Å². The maximum Gasteiger partial charge on any atom is 0.243 e. The van der Waals surface area contributed by atoms with Crippen molar-refractivity contribution in [1.82, 2.24) is 24.5 Å². The van der Waals surface area contributed by atoms with E-state index < -0.39 is 0 Å². The van der Waals surface area contributed by atoms with E-state index in [1.54, 1.807) is 23.4 Å². The monoisotopic (exact) mass is 289 g/mol. The summed E-state index contributed by atoms with van der Waals surface area (Å²) in [6, 6.07) is 9.76. The van der Waals surface area contributed by atoms with Gasteiger partial charge in [-0.1, -0.05) is 30.3 Å². The average Bonchev–Trinajstić information content (AvgIpc) is 3.08. The lowest BCUT2D eigenvalue weighted by Gasteiger charge is -2.01. The van der Waals surface area contributed by atoms with Crippen LogP contribution in [0.2, 0.25) is 0 Å². The van der Waals surface area contributed by atoms with Gasteiger partial charge in [-0.15, -0.1) is 27.7 Å². The second kappa shape index (κ2) is 5.66. The number of hydrogen-bond donors (Lipinski definition) is 0. The molecule has 6 nitrogen and oxygen atoms in total. The van der Waals surface area contributed by atoms with Gasteiger partial charge in [-0.05, 0) is 5.56 Å². The fourth-order valence-corrected chi connectivity index (χ4v) is 1.85. The molecular formula is C13H12ClN5O. The average molecular weight is 290 g/mol. The number of carbonyl (C=O) groups excluding carboxylic acids is 1. The van der Waals surface area contributed by atoms with E-state index in [0.717, 1.165) is 11.1 Å². The molecule has 0 bridgehead atoms. The highest BCUT2D eigenvalue weighted by Gasteiger charge is 2.14. The van der Waals surface area contributed by atoms with Crippen LogP contribution in [0.5, 0.6) is 0 Å². The van der Waals surface area contributed by atoms with Crippen LogP contribution in [-0.4, -0.2) is 30.5 Å². The van der Waals surface area contributed by atoms with Crippen molar-refractivity contribution in [1.29, 1.82) is 0 Å². The van der Waals surface area contributed by atoms with Crippen molar-refractivity contribution in [3.63, 3.8) is 0 Å². The van der Waals surface area contributed by atoms with Gasteiger partial charge in [0, 0.05) is 18.7 Å². The van der Waals surface area contributed by atoms with Gasteiger partial charge in [0.05, 0.1) is 0 Å². The van der Waals surface area contributed by atoms with Gasteiger partial charge in [0.1, 0.15) is 12.7 Å². The molecule has 20 heavy (non-hydrogen) atoms. The maximum atomic E-state index is 11.5. The first-order chi connectivity index (χ1) is 9.25. The Morgan fingerprint density at radius 1 is 1.10 bits per heavy atom. The van der Waals surface area contributed by atoms with Gasteiger partial charge >= 0.3 is 0 Å². The predicted molar refractivity (Wildman–Crippen MR) is 76.1 cm³/mol. The molecule has 3 rings (SSSR count). The molecule has 3 aromatic rings. The Hall–Kier alpha value is -2.47. The minimum atomic E-state index is -0.142. The first-order valence-electron chi connectivity index (χ1n) is 5.77. The van der Waals surface area contributed by atoms with Crippen LogP contribution in [0.1, 0.15) is 11.7 Å². The van der Waals surface area contributed by atoms with Crippen LogP contribution < -0.4 is 0 Å². The molecule has 0 saturated heterocycles. The van der Waals surface area contributed by atoms with Crippen LogP contribution in [-0.2, 0) is 0 Å². The van der Waals surface area contributed by atoms with Gasteiger partial charge < -0.3 is 0 Å². The third-order valence-corrected chi connectivity index (χ3v) is 2.77.